The second-order valence-corrected chi connectivity index (χ2v) is 7.70. The van der Waals surface area contributed by atoms with Crippen LogP contribution in [0.3, 0.4) is 0 Å². The Balaban J connectivity index is 2.17. The summed E-state index contributed by atoms with van der Waals surface area (Å²) in [4.78, 5) is 15.5. The van der Waals surface area contributed by atoms with Gasteiger partial charge in [0.1, 0.15) is 10.0 Å². The fourth-order valence-electron chi connectivity index (χ4n) is 1.76. The molecule has 24 heavy (non-hydrogen) atoms. The van der Waals surface area contributed by atoms with Crippen LogP contribution < -0.4 is 10.0 Å². The van der Waals surface area contributed by atoms with Crippen molar-refractivity contribution in [3.05, 3.63) is 40.4 Å². The molecule has 0 aromatic carbocycles. The largest absolute Gasteiger partial charge is 0.416 e. The number of hydrogen-bond acceptors (Lipinski definition) is 5. The summed E-state index contributed by atoms with van der Waals surface area (Å²) in [5, 5.41) is 3.58. The molecule has 0 radical (unpaired) electrons. The fourth-order valence-corrected chi connectivity index (χ4v) is 3.89. The molecule has 0 aliphatic heterocycles. The van der Waals surface area contributed by atoms with E-state index in [2.05, 4.69) is 4.98 Å². The summed E-state index contributed by atoms with van der Waals surface area (Å²) in [6.07, 6.45) is -4.61. The average Bonchev–Trinajstić information content (AvgIpc) is 2.83. The Morgan fingerprint density at radius 1 is 1.21 bits per heavy atom. The summed E-state index contributed by atoms with van der Waals surface area (Å²) >= 11 is 0.918. The molecular weight excluding hydrogens is 367 g/mol. The Morgan fingerprint density at radius 3 is 2.42 bits per heavy atom. The number of aromatic nitrogens is 1. The highest BCUT2D eigenvalue weighted by atomic mass is 32.2. The molecule has 0 fully saturated rings. The normalized spacial score (nSPS) is 12.0. The number of carbonyl (C=O) groups is 1. The molecule has 0 aliphatic carbocycles. The smallest absolute Gasteiger partial charge is 0.292 e. The summed E-state index contributed by atoms with van der Waals surface area (Å²) in [5.74, 6) is -0.405. The Hall–Kier alpha value is -2.14. The van der Waals surface area contributed by atoms with Gasteiger partial charge in [0.2, 0.25) is 0 Å². The van der Waals surface area contributed by atoms with Crippen LogP contribution in [0.2, 0.25) is 0 Å². The minimum Gasteiger partial charge on any atom is -0.292 e. The first kappa shape index (κ1) is 18.2. The second-order valence-electron chi connectivity index (χ2n) is 4.88. The zero-order valence-corrected chi connectivity index (χ0v) is 14.1. The van der Waals surface area contributed by atoms with Crippen LogP contribution in [0.15, 0.2) is 27.8 Å². The van der Waals surface area contributed by atoms with E-state index in [1.807, 2.05) is 5.32 Å². The zero-order valence-electron chi connectivity index (χ0n) is 12.4. The zero-order chi connectivity index (χ0) is 18.1. The maximum Gasteiger partial charge on any atom is 0.416 e. The first-order valence-electron chi connectivity index (χ1n) is 6.42. The SMILES string of the molecule is Cc1csc(S(=O)(=O)NC(=O)Nc2cc(C(F)(F)F)cc(C)n2)c1. The molecule has 0 bridgehead atoms. The van der Waals surface area contributed by atoms with Gasteiger partial charge in [-0.2, -0.15) is 13.2 Å². The van der Waals surface area contributed by atoms with Gasteiger partial charge in [-0.25, -0.2) is 22.9 Å². The Bertz CT molecular complexity index is 876. The lowest BCUT2D eigenvalue weighted by atomic mass is 10.2. The van der Waals surface area contributed by atoms with Crippen molar-refractivity contribution < 1.29 is 26.4 Å². The van der Waals surface area contributed by atoms with Crippen LogP contribution in [0.4, 0.5) is 23.8 Å². The minimum atomic E-state index is -4.61. The molecule has 0 atom stereocenters. The first-order chi connectivity index (χ1) is 11.0. The van der Waals surface area contributed by atoms with E-state index in [0.717, 1.165) is 17.4 Å². The minimum absolute atomic E-state index is 0.0249. The number of nitrogens with one attached hydrogen (secondary N) is 2. The van der Waals surface area contributed by atoms with Crippen LogP contribution in [-0.2, 0) is 16.2 Å². The molecule has 2 aromatic rings. The summed E-state index contributed by atoms with van der Waals surface area (Å²) in [7, 11) is -4.10. The third-order valence-electron chi connectivity index (χ3n) is 2.72. The quantitative estimate of drug-likeness (QED) is 0.857. The Morgan fingerprint density at radius 2 is 1.88 bits per heavy atom. The van der Waals surface area contributed by atoms with Crippen molar-refractivity contribution >= 4 is 33.2 Å². The van der Waals surface area contributed by atoms with Gasteiger partial charge in [0, 0.05) is 5.69 Å². The highest BCUT2D eigenvalue weighted by molar-refractivity contribution is 7.92. The van der Waals surface area contributed by atoms with Crippen molar-refractivity contribution in [3.63, 3.8) is 0 Å². The van der Waals surface area contributed by atoms with Gasteiger partial charge in [-0.15, -0.1) is 11.3 Å². The molecule has 0 unspecified atom stereocenters. The van der Waals surface area contributed by atoms with Crippen LogP contribution in [0.5, 0.6) is 0 Å². The summed E-state index contributed by atoms with van der Waals surface area (Å²) in [6.45, 7) is 3.01. The molecule has 2 amide bonds. The second kappa shape index (κ2) is 6.40. The number of anilines is 1. The molecule has 0 spiro atoms. The van der Waals surface area contributed by atoms with Crippen molar-refractivity contribution in [2.45, 2.75) is 24.2 Å². The molecule has 130 valence electrons. The lowest BCUT2D eigenvalue weighted by Crippen LogP contribution is -2.34. The number of hydrogen-bond donors (Lipinski definition) is 2. The van der Waals surface area contributed by atoms with Crippen LogP contribution in [0, 0.1) is 13.8 Å². The number of halogens is 3. The number of rotatable bonds is 3. The molecular formula is C13H12F3N3O3S2. The Labute approximate surface area is 139 Å². The maximum absolute atomic E-state index is 12.7. The summed E-state index contributed by atoms with van der Waals surface area (Å²) in [5.41, 5.74) is -0.269. The predicted molar refractivity (Wildman–Crippen MR) is 82.4 cm³/mol. The van der Waals surface area contributed by atoms with E-state index >= 15 is 0 Å². The fraction of sp³-hybridized carbons (Fsp3) is 0.231. The van der Waals surface area contributed by atoms with E-state index in [0.29, 0.717) is 11.6 Å². The molecule has 0 saturated carbocycles. The number of alkyl halides is 3. The van der Waals surface area contributed by atoms with Gasteiger partial charge in [-0.05, 0) is 43.0 Å². The lowest BCUT2D eigenvalue weighted by molar-refractivity contribution is -0.137. The van der Waals surface area contributed by atoms with Gasteiger partial charge in [-0.1, -0.05) is 0 Å². The third kappa shape index (κ3) is 4.45. The van der Waals surface area contributed by atoms with Gasteiger partial charge in [0.05, 0.1) is 5.56 Å². The van der Waals surface area contributed by atoms with Crippen LogP contribution in [0.1, 0.15) is 16.8 Å². The molecule has 2 rings (SSSR count). The molecule has 11 heteroatoms. The van der Waals surface area contributed by atoms with Crippen molar-refractivity contribution in [1.82, 2.24) is 9.71 Å². The van der Waals surface area contributed by atoms with E-state index in [1.54, 1.807) is 17.0 Å². The summed E-state index contributed by atoms with van der Waals surface area (Å²) < 4.78 is 63.8. The van der Waals surface area contributed by atoms with Crippen LogP contribution in [-0.4, -0.2) is 19.4 Å². The number of amides is 2. The number of sulfonamides is 1. The van der Waals surface area contributed by atoms with Crippen LogP contribution >= 0.6 is 11.3 Å². The predicted octanol–water partition coefficient (Wildman–Crippen LogP) is 3.29. The number of thiophene rings is 1. The van der Waals surface area contributed by atoms with E-state index in [9.17, 15) is 26.4 Å². The third-order valence-corrected chi connectivity index (χ3v) is 5.61. The van der Waals surface area contributed by atoms with E-state index in [-0.39, 0.29) is 9.90 Å². The first-order valence-corrected chi connectivity index (χ1v) is 8.78. The number of nitrogens with zero attached hydrogens (tertiary/aromatic N) is 1. The van der Waals surface area contributed by atoms with E-state index in [4.69, 9.17) is 0 Å². The lowest BCUT2D eigenvalue weighted by Gasteiger charge is -2.11. The molecule has 6 nitrogen and oxygen atoms in total. The van der Waals surface area contributed by atoms with Gasteiger partial charge < -0.3 is 0 Å². The molecule has 2 heterocycles. The standard InChI is InChI=1S/C13H12F3N3O3S2/c1-7-3-11(23-6-7)24(21,22)19-12(20)18-10-5-9(13(14,15)16)4-8(2)17-10/h3-6H,1-2H3,(H2,17,18,19,20). The Kier molecular flexibility index (Phi) is 4.85. The van der Waals surface area contributed by atoms with Gasteiger partial charge >= 0.3 is 12.2 Å². The topological polar surface area (TPSA) is 88.2 Å². The van der Waals surface area contributed by atoms with Crippen molar-refractivity contribution in [3.8, 4) is 0 Å². The highest BCUT2D eigenvalue weighted by Gasteiger charge is 2.31. The summed E-state index contributed by atoms with van der Waals surface area (Å²) in [6, 6.07) is 1.60. The monoisotopic (exact) mass is 379 g/mol. The molecule has 2 aromatic heterocycles. The van der Waals surface area contributed by atoms with Crippen molar-refractivity contribution in [1.29, 1.82) is 0 Å². The van der Waals surface area contributed by atoms with Gasteiger partial charge in [0.15, 0.2) is 0 Å². The highest BCUT2D eigenvalue weighted by Crippen LogP contribution is 2.30. The number of carbonyl (C=O) groups excluding carboxylic acids is 1. The van der Waals surface area contributed by atoms with Crippen molar-refractivity contribution in [2.24, 2.45) is 0 Å². The van der Waals surface area contributed by atoms with E-state index in [1.165, 1.54) is 13.0 Å². The maximum atomic E-state index is 12.7. The number of pyridine rings is 1. The average molecular weight is 379 g/mol. The van der Waals surface area contributed by atoms with Crippen molar-refractivity contribution in [2.75, 3.05) is 5.32 Å². The number of urea groups is 1. The van der Waals surface area contributed by atoms with Crippen LogP contribution in [0.25, 0.3) is 0 Å². The number of aryl methyl sites for hydroxylation is 2. The van der Waals surface area contributed by atoms with Gasteiger partial charge in [0.25, 0.3) is 10.0 Å². The van der Waals surface area contributed by atoms with Gasteiger partial charge in [-0.3, -0.25) is 5.32 Å². The molecule has 0 aliphatic rings. The van der Waals surface area contributed by atoms with E-state index < -0.39 is 33.6 Å². The molecule has 2 N–H and O–H groups in total. The molecule has 0 saturated heterocycles.